The Balaban J connectivity index is 1.85. The van der Waals surface area contributed by atoms with Gasteiger partial charge in [0.15, 0.2) is 6.54 Å². The molecular weight excluding hydrogens is 544 g/mol. The Labute approximate surface area is 190 Å². The lowest BCUT2D eigenvalue weighted by molar-refractivity contribution is -0.663. The third kappa shape index (κ3) is 4.20. The van der Waals surface area contributed by atoms with Gasteiger partial charge in [0.2, 0.25) is 5.52 Å². The summed E-state index contributed by atoms with van der Waals surface area (Å²) in [5.41, 5.74) is 1.57. The number of benzene rings is 2. The quantitative estimate of drug-likeness (QED) is 0.485. The molecule has 0 saturated carbocycles. The summed E-state index contributed by atoms with van der Waals surface area (Å²) in [6.45, 7) is -0.489. The van der Waals surface area contributed by atoms with E-state index in [9.17, 15) is 19.8 Å². The topological polar surface area (TPSA) is 84.5 Å². The van der Waals surface area contributed by atoms with Gasteiger partial charge in [-0.15, -0.1) is 0 Å². The molecule has 4 rings (SSSR count). The molecular formula is C19H12Br2N2O4S2. The van der Waals surface area contributed by atoms with Gasteiger partial charge in [-0.05, 0) is 30.3 Å². The Bertz CT molecular complexity index is 1190. The van der Waals surface area contributed by atoms with Crippen LogP contribution >= 0.6 is 55.0 Å². The second kappa shape index (κ2) is 8.10. The molecule has 0 saturated heterocycles. The van der Waals surface area contributed by atoms with Crippen molar-refractivity contribution in [3.63, 3.8) is 0 Å². The highest BCUT2D eigenvalue weighted by atomic mass is 79.9. The molecule has 1 aliphatic heterocycles. The van der Waals surface area contributed by atoms with Crippen LogP contribution in [0.25, 0.3) is 16.3 Å². The molecule has 0 radical (unpaired) electrons. The van der Waals surface area contributed by atoms with E-state index in [4.69, 9.17) is 0 Å². The van der Waals surface area contributed by atoms with Crippen LogP contribution in [-0.4, -0.2) is 23.6 Å². The van der Waals surface area contributed by atoms with Gasteiger partial charge < -0.3 is 19.9 Å². The summed E-state index contributed by atoms with van der Waals surface area (Å²) in [7, 11) is 0. The fraction of sp³-hybridized carbons (Fsp3) is 0.105. The Morgan fingerprint density at radius 2 is 1.90 bits per heavy atom. The maximum Gasteiger partial charge on any atom is 0.323 e. The minimum Gasteiger partial charge on any atom is -0.544 e. The molecule has 3 aromatic rings. The molecule has 0 spiro atoms. The van der Waals surface area contributed by atoms with Gasteiger partial charge in [0, 0.05) is 19.9 Å². The van der Waals surface area contributed by atoms with Gasteiger partial charge in [0.1, 0.15) is 17.2 Å². The van der Waals surface area contributed by atoms with Crippen molar-refractivity contribution in [1.82, 2.24) is 0 Å². The van der Waals surface area contributed by atoms with E-state index >= 15 is 0 Å². The highest BCUT2D eigenvalue weighted by Gasteiger charge is 2.29. The van der Waals surface area contributed by atoms with Crippen LogP contribution in [0.15, 0.2) is 55.3 Å². The fourth-order valence-electron chi connectivity index (χ4n) is 3.06. The van der Waals surface area contributed by atoms with Crippen molar-refractivity contribution in [2.24, 2.45) is 0 Å². The fourth-order valence-corrected chi connectivity index (χ4v) is 5.99. The number of thioether (sulfide) groups is 1. The summed E-state index contributed by atoms with van der Waals surface area (Å²) >= 11 is 9.75. The number of thiazole rings is 1. The van der Waals surface area contributed by atoms with Gasteiger partial charge in [-0.3, -0.25) is 4.79 Å². The van der Waals surface area contributed by atoms with E-state index in [2.05, 4.69) is 31.9 Å². The third-order valence-electron chi connectivity index (χ3n) is 4.21. The molecule has 6 nitrogen and oxygen atoms in total. The zero-order valence-corrected chi connectivity index (χ0v) is 19.4. The highest BCUT2D eigenvalue weighted by molar-refractivity contribution is 9.10. The number of nitrogens with zero attached hydrogens (tertiary/aromatic N) is 2. The third-order valence-corrected chi connectivity index (χ3v) is 7.42. The number of hydrogen-bond acceptors (Lipinski definition) is 6. The molecule has 0 aliphatic carbocycles. The van der Waals surface area contributed by atoms with E-state index < -0.39 is 11.9 Å². The zero-order chi connectivity index (χ0) is 20.7. The maximum atomic E-state index is 11.5. The van der Waals surface area contributed by atoms with Crippen LogP contribution in [0, 0.1) is 0 Å². The molecule has 0 bridgehead atoms. The minimum atomic E-state index is -1.19. The van der Waals surface area contributed by atoms with Gasteiger partial charge in [0.05, 0.1) is 16.8 Å². The summed E-state index contributed by atoms with van der Waals surface area (Å²) in [6.07, 6.45) is 1.84. The molecule has 1 N–H and O–H groups in total. The number of aliphatic carboxylic acids is 2. The number of halogens is 2. The van der Waals surface area contributed by atoms with E-state index in [1.54, 1.807) is 9.47 Å². The van der Waals surface area contributed by atoms with E-state index in [1.165, 1.54) is 23.1 Å². The van der Waals surface area contributed by atoms with Crippen LogP contribution in [0.3, 0.4) is 0 Å². The summed E-state index contributed by atoms with van der Waals surface area (Å²) in [5.74, 6) is -2.14. The van der Waals surface area contributed by atoms with Crippen molar-refractivity contribution in [3.8, 4) is 0 Å². The summed E-state index contributed by atoms with van der Waals surface area (Å²) in [5, 5.41) is 22.2. The predicted octanol–water partition coefficient (Wildman–Crippen LogP) is 3.46. The van der Waals surface area contributed by atoms with Crippen molar-refractivity contribution in [2.75, 3.05) is 11.4 Å². The summed E-state index contributed by atoms with van der Waals surface area (Å²) in [4.78, 5) is 25.5. The first-order chi connectivity index (χ1) is 13.8. The number of carbonyl (C=O) groups excluding carboxylic acids is 1. The largest absolute Gasteiger partial charge is 0.544 e. The van der Waals surface area contributed by atoms with Crippen molar-refractivity contribution >= 4 is 88.9 Å². The number of fused-ring (bicyclic) bond motifs is 2. The Morgan fingerprint density at radius 1 is 1.17 bits per heavy atom. The van der Waals surface area contributed by atoms with Gasteiger partial charge in [-0.25, -0.2) is 0 Å². The predicted molar refractivity (Wildman–Crippen MR) is 118 cm³/mol. The SMILES string of the molecule is O=C([O-])C[n+]1c(C=C2Sc3ccc(Br)cc3N2CC(=O)O)sc2ccc(Br)cc21. The number of anilines is 1. The number of aromatic nitrogens is 1. The lowest BCUT2D eigenvalue weighted by atomic mass is 10.3. The average molecular weight is 556 g/mol. The Kier molecular flexibility index (Phi) is 5.69. The zero-order valence-electron chi connectivity index (χ0n) is 14.6. The normalized spacial score (nSPS) is 14.6. The van der Waals surface area contributed by atoms with Crippen LogP contribution in [0.5, 0.6) is 0 Å². The first-order valence-electron chi connectivity index (χ1n) is 8.32. The molecule has 0 atom stereocenters. The van der Waals surface area contributed by atoms with E-state index in [-0.39, 0.29) is 13.1 Å². The molecule has 1 aromatic heterocycles. The number of carbonyl (C=O) groups is 2. The van der Waals surface area contributed by atoms with Crippen LogP contribution < -0.4 is 14.6 Å². The molecule has 2 heterocycles. The number of rotatable bonds is 5. The number of carboxylic acids is 2. The molecule has 10 heteroatoms. The van der Waals surface area contributed by atoms with Gasteiger partial charge in [-0.1, -0.05) is 55.0 Å². The van der Waals surface area contributed by atoms with Crippen molar-refractivity contribution < 1.29 is 24.4 Å². The first kappa shape index (κ1) is 20.4. The van der Waals surface area contributed by atoms with Gasteiger partial charge in [-0.2, -0.15) is 4.57 Å². The monoisotopic (exact) mass is 554 g/mol. The Morgan fingerprint density at radius 3 is 2.62 bits per heavy atom. The van der Waals surface area contributed by atoms with Crippen molar-refractivity contribution in [2.45, 2.75) is 11.4 Å². The standard InChI is InChI=1S/C19H12Br2N2O4S2/c20-10-1-3-14-12(5-10)22(8-18(24)25)16(28-14)7-17-23(9-19(26)27)13-6-11(21)2-4-15(13)29-17/h1-7H,8-9H2,(H-,24,25,26,27). The molecule has 148 valence electrons. The van der Waals surface area contributed by atoms with Crippen molar-refractivity contribution in [3.05, 3.63) is 55.4 Å². The second-order valence-electron chi connectivity index (χ2n) is 6.19. The summed E-state index contributed by atoms with van der Waals surface area (Å²) in [6, 6.07) is 11.4. The first-order valence-corrected chi connectivity index (χ1v) is 11.5. The van der Waals surface area contributed by atoms with Crippen LogP contribution in [0.2, 0.25) is 0 Å². The van der Waals surface area contributed by atoms with Gasteiger partial charge in [0.25, 0.3) is 5.01 Å². The molecule has 0 unspecified atom stereocenters. The van der Waals surface area contributed by atoms with E-state index in [0.717, 1.165) is 34.8 Å². The molecule has 2 aromatic carbocycles. The lowest BCUT2D eigenvalue weighted by Gasteiger charge is -2.17. The maximum absolute atomic E-state index is 11.5. The molecule has 29 heavy (non-hydrogen) atoms. The van der Waals surface area contributed by atoms with Crippen LogP contribution in [-0.2, 0) is 16.1 Å². The second-order valence-corrected chi connectivity index (χ2v) is 10.1. The van der Waals surface area contributed by atoms with Crippen molar-refractivity contribution in [1.29, 1.82) is 0 Å². The summed E-state index contributed by atoms with van der Waals surface area (Å²) < 4.78 is 4.29. The van der Waals surface area contributed by atoms with E-state index in [0.29, 0.717) is 5.01 Å². The lowest BCUT2D eigenvalue weighted by Crippen LogP contribution is -2.44. The van der Waals surface area contributed by atoms with Crippen LogP contribution in [0.1, 0.15) is 5.01 Å². The van der Waals surface area contributed by atoms with Crippen LogP contribution in [0.4, 0.5) is 5.69 Å². The number of hydrogen-bond donors (Lipinski definition) is 1. The average Bonchev–Trinajstić information content (AvgIpc) is 3.13. The number of carboxylic acid groups (broad SMARTS) is 2. The minimum absolute atomic E-state index is 0.195. The van der Waals surface area contributed by atoms with Gasteiger partial charge >= 0.3 is 5.97 Å². The Hall–Kier alpha value is -1.88. The smallest absolute Gasteiger partial charge is 0.323 e. The molecule has 1 aliphatic rings. The van der Waals surface area contributed by atoms with E-state index in [1.807, 2.05) is 42.5 Å². The highest BCUT2D eigenvalue weighted by Crippen LogP contribution is 2.47. The molecule has 0 amide bonds. The molecule has 0 fully saturated rings.